The molecule has 0 aliphatic carbocycles. The Morgan fingerprint density at radius 2 is 1.30 bits per heavy atom. The zero-order chi connectivity index (χ0) is 79.9. The summed E-state index contributed by atoms with van der Waals surface area (Å²) in [6.45, 7) is 23.8. The van der Waals surface area contributed by atoms with E-state index in [1.807, 2.05) is 148 Å². The van der Waals surface area contributed by atoms with Crippen molar-refractivity contribution in [3.63, 3.8) is 0 Å². The normalized spacial score (nSPS) is 29.7. The summed E-state index contributed by atoms with van der Waals surface area (Å²) in [6.07, 6.45) is -4.57. The molecule has 6 aliphatic rings. The number of nitrogens with one attached hydrogen (secondary N) is 4. The number of nitrogens with zero attached hydrogens (tertiary/aromatic N) is 6. The maximum absolute atomic E-state index is 14.4. The monoisotopic (exact) mass is 1570 g/mol. The number of aliphatic imine (C=N–C) groups is 3. The van der Waals surface area contributed by atoms with Crippen molar-refractivity contribution in [2.75, 3.05) is 23.8 Å². The van der Waals surface area contributed by atoms with E-state index in [-0.39, 0.29) is 100.0 Å². The molecular formula is C76H101CoN16O15P. The third kappa shape index (κ3) is 18.8. The number of benzene rings is 3. The van der Waals surface area contributed by atoms with Gasteiger partial charge in [0.05, 0.1) is 41.7 Å². The van der Waals surface area contributed by atoms with E-state index in [1.54, 1.807) is 0 Å². The van der Waals surface area contributed by atoms with Crippen LogP contribution in [0.2, 0.25) is 0 Å². The number of amides is 9. The Labute approximate surface area is 644 Å². The number of aliphatic hydroxyl groups is 2. The van der Waals surface area contributed by atoms with Crippen molar-refractivity contribution in [2.24, 2.45) is 94.7 Å². The summed E-state index contributed by atoms with van der Waals surface area (Å²) in [5.41, 5.74) is 38.8. The number of carbonyl (C=O) groups excluding carboxylic acids is 8. The molecule has 3 aromatic carbocycles. The Morgan fingerprint density at radius 1 is 0.752 bits per heavy atom. The number of aliphatic hydroxyl groups excluding tert-OH is 2. The second-order valence-corrected chi connectivity index (χ2v) is 31.7. The molecule has 4 aromatic rings. The van der Waals surface area contributed by atoms with Crippen molar-refractivity contribution in [1.29, 1.82) is 5.26 Å². The number of carbonyl (C=O) groups is 8. The minimum absolute atomic E-state index is 0. The zero-order valence-corrected chi connectivity index (χ0v) is 65.1. The van der Waals surface area contributed by atoms with Crippen LogP contribution < -0.4 is 60.6 Å². The number of primary amides is 6. The van der Waals surface area contributed by atoms with Gasteiger partial charge in [-0.3, -0.25) is 53.1 Å². The van der Waals surface area contributed by atoms with Gasteiger partial charge in [-0.2, -0.15) is 0 Å². The van der Waals surface area contributed by atoms with Crippen molar-refractivity contribution >= 4 is 94.7 Å². The second-order valence-electron chi connectivity index (χ2n) is 30.4. The molecule has 2 fully saturated rings. The van der Waals surface area contributed by atoms with Gasteiger partial charge in [0.25, 0.3) is 7.82 Å². The number of fused-ring (bicyclic) bond motifs is 7. The van der Waals surface area contributed by atoms with E-state index in [9.17, 15) is 58.0 Å². The molecule has 8 bridgehead atoms. The standard InChI is InChI=1S/C62H90N13O14P.C13H12N2O.CN.Co/c1-29-20-39-40(21-30(29)2)75(28-70-39)57-52(84)53(41(27-76)87-57)89-90(85,86)88-31(3)26-69-49(83)18-19-59(8)37(22-46(66)80)56-62(11)61(10,25-48(68)82)36(14-17-45(65)79)51(74-62)33(5)55-60(9,24-47(67)81)34(12-15-43(63)77)38(71-55)23-42-58(6,7)35(13-16-44(64)78)50(72-42)32(4)54(59)73-56;16-13(14-11-7-3-1-4-8-11)15-12-9-5-2-6-10-12;1-2;/h20-21,23,28,31,34-37,41,52-53,56-57,71,76,84H,12-19,22,24-27H2,1-11H3,(H2,63,77)(H2,64,78)(H2,65,79)(H2,66,80)(H2,67,81)(H2,68,82)(H,69,83)(H,85,86);1-10H,(H2,14,15,16);;/q;;-1;+2/p-1/b38-23-,50-32-,55-33-;;;/t31-,34-,35-,36-,37+,41-,52-,53-,56-,57+,59-,60+,61+,62+;;;/m1.../s1. The minimum Gasteiger partial charge on any atom is -0.756 e. The zero-order valence-electron chi connectivity index (χ0n) is 63.2. The summed E-state index contributed by atoms with van der Waals surface area (Å²) in [5, 5.41) is 39.9. The molecule has 15 atom stereocenters. The smallest absolute Gasteiger partial charge is 0.756 e. The van der Waals surface area contributed by atoms with E-state index in [0.29, 0.717) is 56.4 Å². The fraction of sp³-hybridized carbons (Fsp3) is 0.513. The van der Waals surface area contributed by atoms with Crippen LogP contribution in [0.3, 0.4) is 0 Å². The van der Waals surface area contributed by atoms with Crippen LogP contribution in [-0.4, -0.2) is 133 Å². The Balaban J connectivity index is 0.000000762. The summed E-state index contributed by atoms with van der Waals surface area (Å²) in [7, 11) is -5.32. The number of anilines is 2. The molecule has 7 heterocycles. The molecule has 9 amide bonds. The molecule has 18 N–H and O–H groups in total. The molecule has 109 heavy (non-hydrogen) atoms. The van der Waals surface area contributed by atoms with Gasteiger partial charge in [0, 0.05) is 142 Å². The third-order valence-electron chi connectivity index (χ3n) is 22.6. The van der Waals surface area contributed by atoms with E-state index in [2.05, 4.69) is 26.3 Å². The Kier molecular flexibility index (Phi) is 28.0. The van der Waals surface area contributed by atoms with E-state index in [1.165, 1.54) is 17.8 Å². The first-order valence-electron chi connectivity index (χ1n) is 35.8. The largest absolute Gasteiger partial charge is 2.00 e. The van der Waals surface area contributed by atoms with Crippen LogP contribution in [0.4, 0.5) is 16.2 Å². The quantitative estimate of drug-likeness (QED) is 0.0231. The summed E-state index contributed by atoms with van der Waals surface area (Å²) in [5.74, 6) is -7.24. The Bertz CT molecular complexity index is 4370. The van der Waals surface area contributed by atoms with Crippen molar-refractivity contribution in [2.45, 2.75) is 189 Å². The van der Waals surface area contributed by atoms with Crippen molar-refractivity contribution in [3.05, 3.63) is 131 Å². The first kappa shape index (κ1) is 86.9. The fourth-order valence-corrected chi connectivity index (χ4v) is 17.9. The number of urea groups is 1. The maximum atomic E-state index is 14.4. The molecule has 0 spiro atoms. The summed E-state index contributed by atoms with van der Waals surface area (Å²) >= 11 is 0. The van der Waals surface area contributed by atoms with Crippen LogP contribution in [-0.2, 0) is 68.7 Å². The maximum Gasteiger partial charge on any atom is 2.00 e. The first-order valence-corrected chi connectivity index (χ1v) is 37.3. The second kappa shape index (κ2) is 35.2. The number of hydrogen-bond donors (Lipinski definition) is 12. The number of ether oxygens (including phenoxy) is 1. The average molecular weight is 1570 g/mol. The van der Waals surface area contributed by atoms with Crippen LogP contribution in [0.5, 0.6) is 0 Å². The predicted molar refractivity (Wildman–Crippen MR) is 402 cm³/mol. The number of aromatic nitrogens is 2. The molecule has 0 saturated carbocycles. The topological polar surface area (TPSA) is 528 Å². The summed E-state index contributed by atoms with van der Waals surface area (Å²) < 4.78 is 31.9. The van der Waals surface area contributed by atoms with Crippen LogP contribution in [0, 0.1) is 71.0 Å². The van der Waals surface area contributed by atoms with Crippen LogP contribution in [0.1, 0.15) is 150 Å². The molecule has 589 valence electrons. The number of aryl methyl sites for hydroxylation is 2. The van der Waals surface area contributed by atoms with Gasteiger partial charge >= 0.3 is 22.8 Å². The summed E-state index contributed by atoms with van der Waals surface area (Å²) in [6, 6.07) is 21.1. The van der Waals surface area contributed by atoms with Gasteiger partial charge in [0.15, 0.2) is 6.23 Å². The number of para-hydroxylation sites is 2. The predicted octanol–water partition coefficient (Wildman–Crippen LogP) is 5.96. The van der Waals surface area contributed by atoms with Gasteiger partial charge in [0.2, 0.25) is 41.4 Å². The van der Waals surface area contributed by atoms with Crippen molar-refractivity contribution in [1.82, 2.24) is 20.2 Å². The van der Waals surface area contributed by atoms with Gasteiger partial charge in [-0.05, 0) is 132 Å². The molecular weight excluding hydrogens is 1470 g/mol. The summed E-state index contributed by atoms with van der Waals surface area (Å²) in [4.78, 5) is 140. The van der Waals surface area contributed by atoms with E-state index >= 15 is 0 Å². The number of imidazole rings is 1. The third-order valence-corrected chi connectivity index (χ3v) is 23.8. The molecule has 6 aliphatic heterocycles. The molecule has 1 unspecified atom stereocenters. The number of nitrogens with two attached hydrogens (primary N) is 6. The van der Waals surface area contributed by atoms with Gasteiger partial charge in [-0.15, -0.1) is 0 Å². The van der Waals surface area contributed by atoms with Gasteiger partial charge < -0.3 is 101 Å². The number of hydrogen-bond acceptors (Lipinski definition) is 21. The fourth-order valence-electron chi connectivity index (χ4n) is 16.8. The number of rotatable bonds is 28. The van der Waals surface area contributed by atoms with Crippen LogP contribution in [0.15, 0.2) is 128 Å². The SMILES string of the molecule is C/C1=C2N=C(/C=C3\N/C(=C(/C)C4=N[C@@](C)([C@@H]5N=C1[C@](C)(CCC(=O)NC[C@@H](C)OP(=O)([O-])O[C@H]1[C@@H](O)[C@@H](n6cnc7cc(C)c(C)cc76)O[C@@H]1CO)[C@H]5CC(N)=O)[C@@](C)(CC(N)=O)[C@@H]4CCC(N)=O)[C@@](C)(CC(N)=O)[C@@H]3CCC(N)=O)C(C)(C)[C@@H]/2CCC(N)=O.O=C(Nc1ccccc1)Nc1ccccc1.[C-]#N.[Co+2]. The molecule has 33 heteroatoms. The first-order chi connectivity index (χ1) is 50.7. The Morgan fingerprint density at radius 3 is 1.84 bits per heavy atom. The van der Waals surface area contributed by atoms with E-state index < -0.39 is 143 Å². The average Bonchev–Trinajstić information content (AvgIpc) is 1.53. The molecule has 10 rings (SSSR count). The number of allylic oxidation sites excluding steroid dienone is 6. The number of phosphoric acid groups is 1. The molecule has 31 nitrogen and oxygen atoms in total. The molecule has 1 aromatic heterocycles. The van der Waals surface area contributed by atoms with Crippen LogP contribution in [0.25, 0.3) is 11.0 Å². The van der Waals surface area contributed by atoms with Gasteiger partial charge in [-0.25, -0.2) is 9.78 Å². The molecule has 1 radical (unpaired) electrons. The van der Waals surface area contributed by atoms with Crippen molar-refractivity contribution in [3.8, 4) is 0 Å². The van der Waals surface area contributed by atoms with Crippen LogP contribution >= 0.6 is 7.82 Å². The molecule has 2 saturated heterocycles. The number of phosphoric ester groups is 1. The minimum atomic E-state index is -5.32. The van der Waals surface area contributed by atoms with Gasteiger partial charge in [-0.1, -0.05) is 71.0 Å². The van der Waals surface area contributed by atoms with E-state index in [4.69, 9.17) is 75.0 Å². The van der Waals surface area contributed by atoms with Gasteiger partial charge in [0.1, 0.15) is 18.3 Å². The van der Waals surface area contributed by atoms with E-state index in [0.717, 1.165) is 22.5 Å². The Hall–Kier alpha value is -9.29. The van der Waals surface area contributed by atoms with Crippen molar-refractivity contribution < 1.29 is 88.6 Å².